The molecule has 2 rings (SSSR count). The van der Waals surface area contributed by atoms with Gasteiger partial charge in [-0.1, -0.05) is 6.07 Å². The maximum Gasteiger partial charge on any atom is 0.166 e. The predicted octanol–water partition coefficient (Wildman–Crippen LogP) is 3.70. The number of hydrogen-bond donors (Lipinski definition) is 0. The number of ketones is 1. The molecule has 2 aromatic rings. The smallest absolute Gasteiger partial charge is 0.166 e. The highest BCUT2D eigenvalue weighted by molar-refractivity contribution is 5.97. The van der Waals surface area contributed by atoms with Gasteiger partial charge in [-0.2, -0.15) is 5.26 Å². The summed E-state index contributed by atoms with van der Waals surface area (Å²) in [4.78, 5) is 11.5. The summed E-state index contributed by atoms with van der Waals surface area (Å²) in [7, 11) is 1.46. The molecule has 0 atom stereocenters. The zero-order valence-corrected chi connectivity index (χ0v) is 11.5. The number of carbonyl (C=O) groups excluding carboxylic acids is 1. The monoisotopic (exact) mass is 285 g/mol. The van der Waals surface area contributed by atoms with E-state index in [9.17, 15) is 9.18 Å². The molecule has 0 saturated heterocycles. The van der Waals surface area contributed by atoms with Crippen molar-refractivity contribution in [3.05, 3.63) is 53.3 Å². The van der Waals surface area contributed by atoms with Crippen molar-refractivity contribution in [2.24, 2.45) is 0 Å². The van der Waals surface area contributed by atoms with E-state index in [0.29, 0.717) is 17.1 Å². The number of benzene rings is 2. The minimum absolute atomic E-state index is 0.0969. The van der Waals surface area contributed by atoms with Crippen LogP contribution in [0.2, 0.25) is 0 Å². The van der Waals surface area contributed by atoms with Crippen LogP contribution in [-0.4, -0.2) is 12.9 Å². The second-order valence-corrected chi connectivity index (χ2v) is 4.28. The minimum atomic E-state index is -0.650. The van der Waals surface area contributed by atoms with Crippen LogP contribution in [0.15, 0.2) is 36.4 Å². The topological polar surface area (TPSA) is 59.3 Å². The molecule has 0 unspecified atom stereocenters. The Balaban J connectivity index is 2.46. The van der Waals surface area contributed by atoms with E-state index in [-0.39, 0.29) is 11.3 Å². The third-order valence-corrected chi connectivity index (χ3v) is 2.80. The first-order valence-corrected chi connectivity index (χ1v) is 6.11. The Morgan fingerprint density at radius 1 is 1.24 bits per heavy atom. The van der Waals surface area contributed by atoms with Crippen LogP contribution in [0.3, 0.4) is 0 Å². The first kappa shape index (κ1) is 14.5. The molecule has 0 radical (unpaired) electrons. The predicted molar refractivity (Wildman–Crippen MR) is 74.2 cm³/mol. The number of methoxy groups -OCH3 is 1. The maximum absolute atomic E-state index is 13.7. The summed E-state index contributed by atoms with van der Waals surface area (Å²) in [5.74, 6) is -0.265. The van der Waals surface area contributed by atoms with E-state index in [4.69, 9.17) is 14.7 Å². The van der Waals surface area contributed by atoms with Crippen LogP contribution in [0.25, 0.3) is 0 Å². The molecule has 0 aliphatic carbocycles. The summed E-state index contributed by atoms with van der Waals surface area (Å²) in [6.45, 7) is 1.26. The Kier molecular flexibility index (Phi) is 4.19. The van der Waals surface area contributed by atoms with Crippen molar-refractivity contribution in [2.45, 2.75) is 6.92 Å². The summed E-state index contributed by atoms with van der Waals surface area (Å²) in [6, 6.07) is 10.7. The van der Waals surface area contributed by atoms with Gasteiger partial charge in [0.05, 0.1) is 24.3 Å². The fraction of sp³-hybridized carbons (Fsp3) is 0.125. The molecule has 0 bridgehead atoms. The number of nitrogens with zero attached hydrogens (tertiary/aromatic N) is 1. The number of Topliss-reactive ketones (excluding diaryl/α,β-unsaturated/α-hetero) is 1. The molecule has 0 aromatic heterocycles. The van der Waals surface area contributed by atoms with E-state index in [1.54, 1.807) is 12.1 Å². The van der Waals surface area contributed by atoms with Gasteiger partial charge in [-0.05, 0) is 31.2 Å². The molecule has 0 amide bonds. The van der Waals surface area contributed by atoms with Crippen LogP contribution in [0, 0.1) is 17.1 Å². The minimum Gasteiger partial charge on any atom is -0.497 e. The molecule has 0 aliphatic rings. The van der Waals surface area contributed by atoms with Gasteiger partial charge in [0.25, 0.3) is 0 Å². The van der Waals surface area contributed by atoms with E-state index in [1.807, 2.05) is 6.07 Å². The third-order valence-electron chi connectivity index (χ3n) is 2.80. The Morgan fingerprint density at radius 2 is 1.95 bits per heavy atom. The molecule has 0 saturated carbocycles. The molecule has 2 aromatic carbocycles. The Morgan fingerprint density at radius 3 is 2.57 bits per heavy atom. The van der Waals surface area contributed by atoms with Gasteiger partial charge in [-0.25, -0.2) is 4.39 Å². The zero-order valence-electron chi connectivity index (χ0n) is 11.5. The second-order valence-electron chi connectivity index (χ2n) is 4.28. The number of nitriles is 1. The molecular formula is C16H12FNO3. The largest absolute Gasteiger partial charge is 0.497 e. The number of hydrogen-bond acceptors (Lipinski definition) is 4. The van der Waals surface area contributed by atoms with E-state index >= 15 is 0 Å². The van der Waals surface area contributed by atoms with Crippen molar-refractivity contribution >= 4 is 5.78 Å². The van der Waals surface area contributed by atoms with Crippen LogP contribution < -0.4 is 9.47 Å². The molecular weight excluding hydrogens is 273 g/mol. The third kappa shape index (κ3) is 3.18. The number of halogens is 1. The number of rotatable bonds is 4. The summed E-state index contributed by atoms with van der Waals surface area (Å²) in [6.07, 6.45) is 0. The standard InChI is InChI=1S/C16H12FNO3/c1-10(19)16-14(17)4-3-5-15(16)21-13-7-11(9-18)6-12(8-13)20-2/h3-8H,1-2H3. The van der Waals surface area contributed by atoms with E-state index in [1.165, 1.54) is 38.3 Å². The molecule has 4 nitrogen and oxygen atoms in total. The van der Waals surface area contributed by atoms with Gasteiger partial charge >= 0.3 is 0 Å². The molecule has 0 fully saturated rings. The van der Waals surface area contributed by atoms with Gasteiger partial charge in [-0.15, -0.1) is 0 Å². The average molecular weight is 285 g/mol. The van der Waals surface area contributed by atoms with Crippen LogP contribution in [0.4, 0.5) is 4.39 Å². The summed E-state index contributed by atoms with van der Waals surface area (Å²) in [5, 5.41) is 8.96. The highest BCUT2D eigenvalue weighted by Crippen LogP contribution is 2.30. The first-order chi connectivity index (χ1) is 10.0. The fourth-order valence-electron chi connectivity index (χ4n) is 1.87. The lowest BCUT2D eigenvalue weighted by Gasteiger charge is -2.11. The lowest BCUT2D eigenvalue weighted by atomic mass is 10.1. The number of carbonyl (C=O) groups is 1. The van der Waals surface area contributed by atoms with E-state index in [0.717, 1.165) is 0 Å². The van der Waals surface area contributed by atoms with Gasteiger partial charge in [-0.3, -0.25) is 4.79 Å². The van der Waals surface area contributed by atoms with E-state index in [2.05, 4.69) is 0 Å². The fourth-order valence-corrected chi connectivity index (χ4v) is 1.87. The summed E-state index contributed by atoms with van der Waals surface area (Å²) in [5.41, 5.74) is 0.212. The van der Waals surface area contributed by atoms with Crippen LogP contribution in [-0.2, 0) is 0 Å². The average Bonchev–Trinajstić information content (AvgIpc) is 2.46. The zero-order chi connectivity index (χ0) is 15.4. The first-order valence-electron chi connectivity index (χ1n) is 6.11. The lowest BCUT2D eigenvalue weighted by molar-refractivity contribution is 0.101. The summed E-state index contributed by atoms with van der Waals surface area (Å²) < 4.78 is 24.3. The lowest BCUT2D eigenvalue weighted by Crippen LogP contribution is -2.01. The van der Waals surface area contributed by atoms with Crippen molar-refractivity contribution in [3.8, 4) is 23.3 Å². The highest BCUT2D eigenvalue weighted by Gasteiger charge is 2.15. The maximum atomic E-state index is 13.7. The Hall–Kier alpha value is -2.87. The van der Waals surface area contributed by atoms with E-state index < -0.39 is 11.6 Å². The van der Waals surface area contributed by atoms with Crippen molar-refractivity contribution < 1.29 is 18.7 Å². The highest BCUT2D eigenvalue weighted by atomic mass is 19.1. The Labute approximate surface area is 121 Å². The molecule has 0 N–H and O–H groups in total. The normalized spacial score (nSPS) is 9.81. The van der Waals surface area contributed by atoms with Gasteiger partial charge < -0.3 is 9.47 Å². The molecule has 0 aliphatic heterocycles. The van der Waals surface area contributed by atoms with Gasteiger partial charge in [0.2, 0.25) is 0 Å². The molecule has 0 heterocycles. The Bertz CT molecular complexity index is 735. The van der Waals surface area contributed by atoms with Crippen LogP contribution in [0.1, 0.15) is 22.8 Å². The molecule has 21 heavy (non-hydrogen) atoms. The molecule has 0 spiro atoms. The second kappa shape index (κ2) is 6.06. The van der Waals surface area contributed by atoms with Crippen molar-refractivity contribution in [2.75, 3.05) is 7.11 Å². The van der Waals surface area contributed by atoms with Crippen molar-refractivity contribution in [1.82, 2.24) is 0 Å². The molecule has 5 heteroatoms. The number of ether oxygens (including phenoxy) is 2. The van der Waals surface area contributed by atoms with Crippen molar-refractivity contribution in [1.29, 1.82) is 5.26 Å². The SMILES string of the molecule is COc1cc(C#N)cc(Oc2cccc(F)c2C(C)=O)c1. The van der Waals surface area contributed by atoms with Gasteiger partial charge in [0.15, 0.2) is 5.78 Å². The van der Waals surface area contributed by atoms with Crippen LogP contribution in [0.5, 0.6) is 17.2 Å². The molecule has 106 valence electrons. The van der Waals surface area contributed by atoms with Crippen molar-refractivity contribution in [3.63, 3.8) is 0 Å². The summed E-state index contributed by atoms with van der Waals surface area (Å²) >= 11 is 0. The quantitative estimate of drug-likeness (QED) is 0.804. The van der Waals surface area contributed by atoms with Gasteiger partial charge in [0.1, 0.15) is 23.1 Å². The van der Waals surface area contributed by atoms with Gasteiger partial charge in [0, 0.05) is 6.07 Å². The van der Waals surface area contributed by atoms with Crippen LogP contribution >= 0.6 is 0 Å².